The number of nitro groups is 1. The Balaban J connectivity index is 3.21. The van der Waals surface area contributed by atoms with E-state index in [-0.39, 0.29) is 11.3 Å². The largest absolute Gasteiger partial charge is 0.490 e. The van der Waals surface area contributed by atoms with Gasteiger partial charge in [-0.25, -0.2) is 9.18 Å². The standard InChI is InChI=1S/C9H8FNO5/c1-16-7-3-2-5(8(10)9(12)13)4-6(7)11(14)15/h2-4,8H,1H3,(H,12,13). The Labute approximate surface area is 89.4 Å². The third-order valence-electron chi connectivity index (χ3n) is 1.91. The Morgan fingerprint density at radius 2 is 2.25 bits per heavy atom. The number of nitro benzene ring substituents is 1. The Kier molecular flexibility index (Phi) is 3.39. The maximum absolute atomic E-state index is 13.1. The number of hydrogen-bond donors (Lipinski definition) is 1. The molecule has 0 amide bonds. The number of nitrogens with zero attached hydrogens (tertiary/aromatic N) is 1. The van der Waals surface area contributed by atoms with Crippen molar-refractivity contribution < 1.29 is 24.0 Å². The highest BCUT2D eigenvalue weighted by Crippen LogP contribution is 2.30. The number of carboxylic acid groups (broad SMARTS) is 1. The Hall–Kier alpha value is -2.18. The quantitative estimate of drug-likeness (QED) is 0.626. The monoisotopic (exact) mass is 229 g/mol. The van der Waals surface area contributed by atoms with Crippen LogP contribution < -0.4 is 4.74 Å². The smallest absolute Gasteiger partial charge is 0.343 e. The zero-order valence-corrected chi connectivity index (χ0v) is 8.21. The molecule has 6 nitrogen and oxygen atoms in total. The van der Waals surface area contributed by atoms with Gasteiger partial charge in [0.05, 0.1) is 12.0 Å². The van der Waals surface area contributed by atoms with E-state index in [1.165, 1.54) is 7.11 Å². The second kappa shape index (κ2) is 4.56. The van der Waals surface area contributed by atoms with Crippen molar-refractivity contribution in [3.05, 3.63) is 33.9 Å². The average Bonchev–Trinajstić information content (AvgIpc) is 2.26. The molecule has 16 heavy (non-hydrogen) atoms. The second-order valence-corrected chi connectivity index (χ2v) is 2.89. The molecule has 1 atom stereocenters. The first-order chi connectivity index (χ1) is 7.47. The number of methoxy groups -OCH3 is 1. The average molecular weight is 229 g/mol. The summed E-state index contributed by atoms with van der Waals surface area (Å²) in [6.07, 6.45) is -2.29. The summed E-state index contributed by atoms with van der Waals surface area (Å²) >= 11 is 0. The van der Waals surface area contributed by atoms with Gasteiger partial charge in [0.25, 0.3) is 0 Å². The summed E-state index contributed by atoms with van der Waals surface area (Å²) in [5.41, 5.74) is -0.760. The molecule has 0 fully saturated rings. The number of halogens is 1. The molecule has 1 N–H and O–H groups in total. The summed E-state index contributed by atoms with van der Waals surface area (Å²) in [5, 5.41) is 19.0. The summed E-state index contributed by atoms with van der Waals surface area (Å²) in [5.74, 6) is -1.74. The number of carboxylic acids is 1. The van der Waals surface area contributed by atoms with Crippen LogP contribution in [0.3, 0.4) is 0 Å². The maximum atomic E-state index is 13.1. The van der Waals surface area contributed by atoms with Gasteiger partial charge < -0.3 is 9.84 Å². The molecule has 0 aliphatic carbocycles. The van der Waals surface area contributed by atoms with Crippen molar-refractivity contribution in [2.75, 3.05) is 7.11 Å². The molecule has 1 rings (SSSR count). The van der Waals surface area contributed by atoms with Gasteiger partial charge in [-0.2, -0.15) is 0 Å². The SMILES string of the molecule is COc1ccc(C(F)C(=O)O)cc1[N+](=O)[O-]. The predicted octanol–water partition coefficient (Wildman–Crippen LogP) is 1.70. The van der Waals surface area contributed by atoms with E-state index < -0.39 is 22.8 Å². The molecule has 0 saturated heterocycles. The van der Waals surface area contributed by atoms with E-state index in [1.807, 2.05) is 0 Å². The fraction of sp³-hybridized carbons (Fsp3) is 0.222. The Bertz CT molecular complexity index is 434. The first kappa shape index (κ1) is 11.9. The van der Waals surface area contributed by atoms with Crippen LogP contribution in [-0.2, 0) is 4.79 Å². The molecule has 0 aliphatic heterocycles. The van der Waals surface area contributed by atoms with E-state index in [2.05, 4.69) is 0 Å². The van der Waals surface area contributed by atoms with E-state index in [4.69, 9.17) is 9.84 Å². The zero-order valence-electron chi connectivity index (χ0n) is 8.21. The molecule has 0 saturated carbocycles. The van der Waals surface area contributed by atoms with Crippen molar-refractivity contribution in [1.82, 2.24) is 0 Å². The summed E-state index contributed by atoms with van der Waals surface area (Å²) in [6, 6.07) is 3.13. The van der Waals surface area contributed by atoms with Crippen LogP contribution >= 0.6 is 0 Å². The fourth-order valence-electron chi connectivity index (χ4n) is 1.15. The van der Waals surface area contributed by atoms with Crippen LogP contribution in [0.2, 0.25) is 0 Å². The molecule has 86 valence electrons. The van der Waals surface area contributed by atoms with Gasteiger partial charge in [0.1, 0.15) is 0 Å². The van der Waals surface area contributed by atoms with Crippen molar-refractivity contribution >= 4 is 11.7 Å². The lowest BCUT2D eigenvalue weighted by atomic mass is 10.1. The molecule has 7 heteroatoms. The van der Waals surface area contributed by atoms with Crippen LogP contribution in [0.15, 0.2) is 18.2 Å². The number of carbonyl (C=O) groups is 1. The van der Waals surface area contributed by atoms with Crippen LogP contribution in [0.1, 0.15) is 11.7 Å². The van der Waals surface area contributed by atoms with Crippen LogP contribution in [0.4, 0.5) is 10.1 Å². The van der Waals surface area contributed by atoms with Crippen molar-refractivity contribution in [1.29, 1.82) is 0 Å². The molecule has 1 aromatic rings. The Morgan fingerprint density at radius 3 is 2.69 bits per heavy atom. The second-order valence-electron chi connectivity index (χ2n) is 2.89. The van der Waals surface area contributed by atoms with Gasteiger partial charge in [-0.3, -0.25) is 10.1 Å². The van der Waals surface area contributed by atoms with Crippen molar-refractivity contribution in [2.45, 2.75) is 6.17 Å². The molecular formula is C9H8FNO5. The number of benzene rings is 1. The number of rotatable bonds is 4. The maximum Gasteiger partial charge on any atom is 0.343 e. The van der Waals surface area contributed by atoms with Crippen LogP contribution in [-0.4, -0.2) is 23.1 Å². The van der Waals surface area contributed by atoms with E-state index in [0.29, 0.717) is 0 Å². The first-order valence-corrected chi connectivity index (χ1v) is 4.16. The van der Waals surface area contributed by atoms with E-state index >= 15 is 0 Å². The van der Waals surface area contributed by atoms with Gasteiger partial charge in [-0.15, -0.1) is 0 Å². The summed E-state index contributed by atoms with van der Waals surface area (Å²) in [4.78, 5) is 20.2. The predicted molar refractivity (Wildman–Crippen MR) is 51.1 cm³/mol. The molecule has 0 bridgehead atoms. The lowest BCUT2D eigenvalue weighted by molar-refractivity contribution is -0.385. The number of alkyl halides is 1. The number of hydrogen-bond acceptors (Lipinski definition) is 4. The summed E-state index contributed by atoms with van der Waals surface area (Å²) in [6.45, 7) is 0. The molecular weight excluding hydrogens is 221 g/mol. The topological polar surface area (TPSA) is 89.7 Å². The third kappa shape index (κ3) is 2.25. The Morgan fingerprint density at radius 1 is 1.62 bits per heavy atom. The lowest BCUT2D eigenvalue weighted by Crippen LogP contribution is -2.06. The molecule has 0 radical (unpaired) electrons. The fourth-order valence-corrected chi connectivity index (χ4v) is 1.15. The van der Waals surface area contributed by atoms with Crippen LogP contribution in [0.25, 0.3) is 0 Å². The van der Waals surface area contributed by atoms with E-state index in [1.54, 1.807) is 0 Å². The third-order valence-corrected chi connectivity index (χ3v) is 1.91. The molecule has 1 aromatic carbocycles. The van der Waals surface area contributed by atoms with Gasteiger partial charge in [-0.05, 0) is 6.07 Å². The molecule has 0 aliphatic rings. The molecule has 1 unspecified atom stereocenters. The zero-order chi connectivity index (χ0) is 12.3. The van der Waals surface area contributed by atoms with Gasteiger partial charge in [0, 0.05) is 11.6 Å². The highest BCUT2D eigenvalue weighted by Gasteiger charge is 2.23. The minimum absolute atomic E-state index is 0.0497. The number of aliphatic carboxylic acids is 1. The van der Waals surface area contributed by atoms with E-state index in [0.717, 1.165) is 18.2 Å². The summed E-state index contributed by atoms with van der Waals surface area (Å²) in [7, 11) is 1.23. The molecule has 0 aromatic heterocycles. The van der Waals surface area contributed by atoms with E-state index in [9.17, 15) is 19.3 Å². The summed E-state index contributed by atoms with van der Waals surface area (Å²) < 4.78 is 17.8. The highest BCUT2D eigenvalue weighted by atomic mass is 19.1. The van der Waals surface area contributed by atoms with Gasteiger partial charge in [0.15, 0.2) is 5.75 Å². The number of ether oxygens (including phenoxy) is 1. The normalized spacial score (nSPS) is 11.9. The minimum Gasteiger partial charge on any atom is -0.490 e. The van der Waals surface area contributed by atoms with Gasteiger partial charge in [-0.1, -0.05) is 6.07 Å². The minimum atomic E-state index is -2.29. The lowest BCUT2D eigenvalue weighted by Gasteiger charge is -2.05. The van der Waals surface area contributed by atoms with Crippen LogP contribution in [0.5, 0.6) is 5.75 Å². The highest BCUT2D eigenvalue weighted by molar-refractivity contribution is 5.74. The van der Waals surface area contributed by atoms with Crippen molar-refractivity contribution in [2.24, 2.45) is 0 Å². The first-order valence-electron chi connectivity index (χ1n) is 4.16. The van der Waals surface area contributed by atoms with Crippen molar-refractivity contribution in [3.8, 4) is 5.75 Å². The van der Waals surface area contributed by atoms with Crippen molar-refractivity contribution in [3.63, 3.8) is 0 Å². The van der Waals surface area contributed by atoms with Crippen LogP contribution in [0, 0.1) is 10.1 Å². The van der Waals surface area contributed by atoms with Gasteiger partial charge >= 0.3 is 11.7 Å². The molecule has 0 heterocycles. The molecule has 0 spiro atoms. The van der Waals surface area contributed by atoms with Gasteiger partial charge in [0.2, 0.25) is 6.17 Å².